The van der Waals surface area contributed by atoms with Gasteiger partial charge in [0.1, 0.15) is 11.7 Å². The van der Waals surface area contributed by atoms with Crippen molar-refractivity contribution in [1.82, 2.24) is 10.6 Å². The molecule has 0 saturated carbocycles. The van der Waals surface area contributed by atoms with Crippen molar-refractivity contribution < 1.29 is 24.4 Å². The number of aliphatic carboxylic acids is 1. The van der Waals surface area contributed by atoms with E-state index in [1.54, 1.807) is 24.3 Å². The predicted molar refractivity (Wildman–Crippen MR) is 108 cm³/mol. The molecule has 0 saturated heterocycles. The monoisotopic (exact) mass is 461 g/mol. The molecule has 150 valence electrons. The highest BCUT2D eigenvalue weighted by atomic mass is 79.9. The van der Waals surface area contributed by atoms with Gasteiger partial charge in [0.15, 0.2) is 0 Å². The number of rotatable bonds is 7. The number of nitrogens with zero attached hydrogens (tertiary/aromatic N) is 1. The number of carboxylic acids is 1. The SMILES string of the molecule is CC(NC(=O)/C(=C/c1ccc([N+](=O)[O-])cc1)NC(=O)c1ccccc1Br)C(=O)O. The third kappa shape index (κ3) is 5.98. The number of carboxylic acid groups (broad SMARTS) is 1. The van der Waals surface area contributed by atoms with Crippen LogP contribution in [0.5, 0.6) is 0 Å². The van der Waals surface area contributed by atoms with Crippen molar-refractivity contribution in [3.63, 3.8) is 0 Å². The van der Waals surface area contributed by atoms with E-state index in [4.69, 9.17) is 5.11 Å². The number of hydrogen-bond acceptors (Lipinski definition) is 5. The van der Waals surface area contributed by atoms with Crippen molar-refractivity contribution in [2.24, 2.45) is 0 Å². The van der Waals surface area contributed by atoms with Crippen molar-refractivity contribution >= 4 is 45.5 Å². The minimum absolute atomic E-state index is 0.134. The van der Waals surface area contributed by atoms with Gasteiger partial charge in [-0.2, -0.15) is 0 Å². The normalized spacial score (nSPS) is 12.0. The molecule has 29 heavy (non-hydrogen) atoms. The molecule has 0 radical (unpaired) electrons. The molecule has 0 heterocycles. The van der Waals surface area contributed by atoms with Crippen molar-refractivity contribution in [3.05, 3.63) is 79.9 Å². The summed E-state index contributed by atoms with van der Waals surface area (Å²) in [6.07, 6.45) is 1.29. The zero-order valence-corrected chi connectivity index (χ0v) is 16.7. The highest BCUT2D eigenvalue weighted by Crippen LogP contribution is 2.17. The van der Waals surface area contributed by atoms with E-state index in [1.165, 1.54) is 37.3 Å². The average molecular weight is 462 g/mol. The number of nitro benzene ring substituents is 1. The summed E-state index contributed by atoms with van der Waals surface area (Å²) in [6.45, 7) is 1.28. The van der Waals surface area contributed by atoms with Crippen LogP contribution in [0.3, 0.4) is 0 Å². The fourth-order valence-electron chi connectivity index (χ4n) is 2.19. The Labute approximate surface area is 173 Å². The number of halogens is 1. The highest BCUT2D eigenvalue weighted by molar-refractivity contribution is 9.10. The van der Waals surface area contributed by atoms with Gasteiger partial charge in [-0.3, -0.25) is 24.5 Å². The van der Waals surface area contributed by atoms with Crippen molar-refractivity contribution in [2.45, 2.75) is 13.0 Å². The zero-order valence-electron chi connectivity index (χ0n) is 15.1. The lowest BCUT2D eigenvalue weighted by atomic mass is 10.1. The van der Waals surface area contributed by atoms with Crippen LogP contribution >= 0.6 is 15.9 Å². The van der Waals surface area contributed by atoms with Gasteiger partial charge in [-0.05, 0) is 58.8 Å². The molecule has 0 aliphatic rings. The van der Waals surface area contributed by atoms with Gasteiger partial charge in [0, 0.05) is 16.6 Å². The lowest BCUT2D eigenvalue weighted by Crippen LogP contribution is -2.42. The predicted octanol–water partition coefficient (Wildman–Crippen LogP) is 2.72. The van der Waals surface area contributed by atoms with Crippen LogP contribution < -0.4 is 10.6 Å². The van der Waals surface area contributed by atoms with Crippen LogP contribution in [0.15, 0.2) is 58.7 Å². The summed E-state index contributed by atoms with van der Waals surface area (Å²) in [5.74, 6) is -2.66. The molecule has 10 heteroatoms. The fourth-order valence-corrected chi connectivity index (χ4v) is 2.65. The van der Waals surface area contributed by atoms with Crippen LogP contribution in [0.1, 0.15) is 22.8 Å². The Hall–Kier alpha value is -3.53. The molecule has 0 aliphatic heterocycles. The Bertz CT molecular complexity index is 988. The van der Waals surface area contributed by atoms with Crippen molar-refractivity contribution in [1.29, 1.82) is 0 Å². The molecule has 0 bridgehead atoms. The van der Waals surface area contributed by atoms with Crippen LogP contribution in [0, 0.1) is 10.1 Å². The second-order valence-electron chi connectivity index (χ2n) is 5.87. The Morgan fingerprint density at radius 2 is 1.76 bits per heavy atom. The standard InChI is InChI=1S/C19H16BrN3O6/c1-11(19(26)27)21-18(25)16(10-12-6-8-13(9-7-12)23(28)29)22-17(24)14-4-2-3-5-15(14)20/h2-11H,1H3,(H,21,25)(H,22,24)(H,26,27)/b16-10-. The van der Waals surface area contributed by atoms with Gasteiger partial charge in [0.05, 0.1) is 10.5 Å². The molecule has 9 nitrogen and oxygen atoms in total. The van der Waals surface area contributed by atoms with Crippen LogP contribution in [0.4, 0.5) is 5.69 Å². The van der Waals surface area contributed by atoms with Gasteiger partial charge in [0.25, 0.3) is 17.5 Å². The molecule has 2 amide bonds. The molecule has 0 aromatic heterocycles. The van der Waals surface area contributed by atoms with E-state index in [9.17, 15) is 24.5 Å². The van der Waals surface area contributed by atoms with E-state index in [0.717, 1.165) is 0 Å². The molecule has 0 fully saturated rings. The molecule has 2 rings (SSSR count). The molecular formula is C19H16BrN3O6. The van der Waals surface area contributed by atoms with Crippen LogP contribution in [-0.2, 0) is 9.59 Å². The molecule has 0 aliphatic carbocycles. The maximum absolute atomic E-state index is 12.6. The van der Waals surface area contributed by atoms with E-state index in [-0.39, 0.29) is 16.9 Å². The highest BCUT2D eigenvalue weighted by Gasteiger charge is 2.20. The fraction of sp³-hybridized carbons (Fsp3) is 0.105. The molecule has 2 aromatic rings. The summed E-state index contributed by atoms with van der Waals surface area (Å²) in [4.78, 5) is 46.3. The average Bonchev–Trinajstić information content (AvgIpc) is 2.67. The molecular weight excluding hydrogens is 446 g/mol. The third-order valence-electron chi connectivity index (χ3n) is 3.74. The Morgan fingerprint density at radius 3 is 2.31 bits per heavy atom. The molecule has 1 atom stereocenters. The zero-order chi connectivity index (χ0) is 21.6. The minimum atomic E-state index is -1.25. The number of non-ortho nitro benzene ring substituents is 1. The van der Waals surface area contributed by atoms with Crippen LogP contribution in [0.25, 0.3) is 6.08 Å². The smallest absolute Gasteiger partial charge is 0.325 e. The van der Waals surface area contributed by atoms with E-state index in [1.807, 2.05) is 0 Å². The number of nitrogens with one attached hydrogen (secondary N) is 2. The number of hydrogen-bond donors (Lipinski definition) is 3. The van der Waals surface area contributed by atoms with Crippen LogP contribution in [-0.4, -0.2) is 33.9 Å². The van der Waals surface area contributed by atoms with Crippen molar-refractivity contribution in [2.75, 3.05) is 0 Å². The number of benzene rings is 2. The lowest BCUT2D eigenvalue weighted by molar-refractivity contribution is -0.384. The summed E-state index contributed by atoms with van der Waals surface area (Å²) in [5, 5.41) is 24.5. The quantitative estimate of drug-likeness (QED) is 0.329. The summed E-state index contributed by atoms with van der Waals surface area (Å²) in [5.41, 5.74) is 0.315. The van der Waals surface area contributed by atoms with E-state index in [0.29, 0.717) is 10.0 Å². The maximum atomic E-state index is 12.6. The minimum Gasteiger partial charge on any atom is -0.480 e. The van der Waals surface area contributed by atoms with E-state index in [2.05, 4.69) is 26.6 Å². The summed E-state index contributed by atoms with van der Waals surface area (Å²) in [7, 11) is 0. The first kappa shape index (κ1) is 21.8. The molecule has 3 N–H and O–H groups in total. The Balaban J connectivity index is 2.35. The van der Waals surface area contributed by atoms with Gasteiger partial charge < -0.3 is 15.7 Å². The number of nitro groups is 1. The van der Waals surface area contributed by atoms with E-state index >= 15 is 0 Å². The molecule has 0 spiro atoms. The largest absolute Gasteiger partial charge is 0.480 e. The first-order chi connectivity index (χ1) is 13.7. The Kier molecular flexibility index (Phi) is 7.21. The topological polar surface area (TPSA) is 139 Å². The maximum Gasteiger partial charge on any atom is 0.325 e. The van der Waals surface area contributed by atoms with Crippen LogP contribution in [0.2, 0.25) is 0 Å². The Morgan fingerprint density at radius 1 is 1.14 bits per heavy atom. The lowest BCUT2D eigenvalue weighted by Gasteiger charge is -2.14. The number of carbonyl (C=O) groups excluding carboxylic acids is 2. The summed E-state index contributed by atoms with van der Waals surface area (Å²) in [6, 6.07) is 10.7. The van der Waals surface area contributed by atoms with Gasteiger partial charge in [-0.15, -0.1) is 0 Å². The third-order valence-corrected chi connectivity index (χ3v) is 4.44. The number of carbonyl (C=O) groups is 3. The van der Waals surface area contributed by atoms with Gasteiger partial charge in [-0.25, -0.2) is 0 Å². The number of amides is 2. The second kappa shape index (κ2) is 9.60. The van der Waals surface area contributed by atoms with Gasteiger partial charge in [-0.1, -0.05) is 12.1 Å². The summed E-state index contributed by atoms with van der Waals surface area (Å²) >= 11 is 3.25. The first-order valence-electron chi connectivity index (χ1n) is 8.24. The van der Waals surface area contributed by atoms with Gasteiger partial charge in [0.2, 0.25) is 0 Å². The van der Waals surface area contributed by atoms with Gasteiger partial charge >= 0.3 is 5.97 Å². The molecule has 2 aromatic carbocycles. The second-order valence-corrected chi connectivity index (χ2v) is 6.73. The molecule has 1 unspecified atom stereocenters. The van der Waals surface area contributed by atoms with Crippen molar-refractivity contribution in [3.8, 4) is 0 Å². The summed E-state index contributed by atoms with van der Waals surface area (Å²) < 4.78 is 0.506. The van der Waals surface area contributed by atoms with E-state index < -0.39 is 28.7 Å². The first-order valence-corrected chi connectivity index (χ1v) is 9.04.